The quantitative estimate of drug-likeness (QED) is 0.891. The van der Waals surface area contributed by atoms with E-state index >= 15 is 0 Å². The van der Waals surface area contributed by atoms with Gasteiger partial charge in [0.05, 0.1) is 6.10 Å². The monoisotopic (exact) mass is 283 g/mol. The van der Waals surface area contributed by atoms with Crippen LogP contribution in [-0.2, 0) is 5.41 Å². The highest BCUT2D eigenvalue weighted by atomic mass is 16.3. The molecule has 2 nitrogen and oxygen atoms in total. The highest BCUT2D eigenvalue weighted by molar-refractivity contribution is 5.85. The van der Waals surface area contributed by atoms with Gasteiger partial charge in [0, 0.05) is 17.8 Å². The fraction of sp³-hybridized carbons (Fsp3) is 0.526. The molecule has 21 heavy (non-hydrogen) atoms. The lowest BCUT2D eigenvalue weighted by atomic mass is 9.64. The van der Waals surface area contributed by atoms with Crippen LogP contribution in [0.15, 0.2) is 36.7 Å². The number of nitrogens with zero attached hydrogens (tertiary/aromatic N) is 1. The number of benzene rings is 1. The van der Waals surface area contributed by atoms with Crippen molar-refractivity contribution in [1.82, 2.24) is 4.98 Å². The van der Waals surface area contributed by atoms with Crippen LogP contribution in [0.25, 0.3) is 10.8 Å². The van der Waals surface area contributed by atoms with E-state index in [1.54, 1.807) is 0 Å². The Bertz CT molecular complexity index is 629. The lowest BCUT2D eigenvalue weighted by Crippen LogP contribution is -2.41. The zero-order chi connectivity index (χ0) is 15.0. The Morgan fingerprint density at radius 2 is 2.00 bits per heavy atom. The Labute approximate surface area is 127 Å². The van der Waals surface area contributed by atoms with Crippen LogP contribution in [0.4, 0.5) is 0 Å². The molecule has 1 aliphatic rings. The third-order valence-electron chi connectivity index (χ3n) is 5.38. The second-order valence-electron chi connectivity index (χ2n) is 7.22. The molecular weight excluding hydrogens is 258 g/mol. The van der Waals surface area contributed by atoms with E-state index in [2.05, 4.69) is 50.0 Å². The lowest BCUT2D eigenvalue weighted by molar-refractivity contribution is 0.0147. The first-order chi connectivity index (χ1) is 10.00. The zero-order valence-electron chi connectivity index (χ0n) is 13.2. The predicted molar refractivity (Wildman–Crippen MR) is 87.3 cm³/mol. The SMILES string of the molecule is CC1CCC(C(C)(C)c2cccc3ccncc23)C(O)C1. The van der Waals surface area contributed by atoms with E-state index < -0.39 is 0 Å². The molecule has 1 heterocycles. The van der Waals surface area contributed by atoms with Crippen molar-refractivity contribution in [1.29, 1.82) is 0 Å². The van der Waals surface area contributed by atoms with Crippen LogP contribution in [0.2, 0.25) is 0 Å². The molecule has 0 saturated heterocycles. The van der Waals surface area contributed by atoms with E-state index in [-0.39, 0.29) is 11.5 Å². The summed E-state index contributed by atoms with van der Waals surface area (Å²) in [5.74, 6) is 0.959. The smallest absolute Gasteiger partial charge is 0.0579 e. The molecule has 1 aromatic carbocycles. The van der Waals surface area contributed by atoms with Crippen molar-refractivity contribution in [2.75, 3.05) is 0 Å². The van der Waals surface area contributed by atoms with E-state index in [9.17, 15) is 5.11 Å². The molecule has 1 N–H and O–H groups in total. The summed E-state index contributed by atoms with van der Waals surface area (Å²) in [6.07, 6.45) is 6.85. The van der Waals surface area contributed by atoms with Gasteiger partial charge in [-0.2, -0.15) is 0 Å². The zero-order valence-corrected chi connectivity index (χ0v) is 13.2. The summed E-state index contributed by atoms with van der Waals surface area (Å²) in [5.41, 5.74) is 1.27. The van der Waals surface area contributed by atoms with E-state index in [0.29, 0.717) is 11.8 Å². The van der Waals surface area contributed by atoms with Crippen LogP contribution in [0.1, 0.15) is 45.6 Å². The van der Waals surface area contributed by atoms with Crippen molar-refractivity contribution in [2.24, 2.45) is 11.8 Å². The molecule has 0 spiro atoms. The summed E-state index contributed by atoms with van der Waals surface area (Å²) in [5, 5.41) is 13.0. The molecule has 3 unspecified atom stereocenters. The van der Waals surface area contributed by atoms with Gasteiger partial charge in [-0.3, -0.25) is 4.98 Å². The molecule has 2 heteroatoms. The minimum atomic E-state index is -0.198. The van der Waals surface area contributed by atoms with Crippen molar-refractivity contribution >= 4 is 10.8 Å². The number of rotatable bonds is 2. The number of aliphatic hydroxyl groups excluding tert-OH is 1. The van der Waals surface area contributed by atoms with Gasteiger partial charge in [0.1, 0.15) is 0 Å². The van der Waals surface area contributed by atoms with Crippen LogP contribution >= 0.6 is 0 Å². The van der Waals surface area contributed by atoms with E-state index in [4.69, 9.17) is 0 Å². The van der Waals surface area contributed by atoms with Crippen molar-refractivity contribution in [2.45, 2.75) is 51.6 Å². The molecular formula is C19H25NO. The Hall–Kier alpha value is -1.41. The molecule has 1 saturated carbocycles. The topological polar surface area (TPSA) is 33.1 Å². The molecule has 3 atom stereocenters. The fourth-order valence-electron chi connectivity index (χ4n) is 4.07. The first-order valence-corrected chi connectivity index (χ1v) is 8.01. The summed E-state index contributed by atoms with van der Waals surface area (Å²) in [4.78, 5) is 4.30. The maximum Gasteiger partial charge on any atom is 0.0579 e. The standard InChI is InChI=1S/C19H25NO/c1-13-7-8-17(18(21)11-13)19(2,3)16-6-4-5-14-9-10-20-12-15(14)16/h4-6,9-10,12-13,17-18,21H,7-8,11H2,1-3H3. The normalized spacial score (nSPS) is 27.0. The number of pyridine rings is 1. The van der Waals surface area contributed by atoms with Gasteiger partial charge in [-0.05, 0) is 47.1 Å². The van der Waals surface area contributed by atoms with E-state index in [0.717, 1.165) is 12.8 Å². The molecule has 1 aliphatic carbocycles. The molecule has 3 rings (SSSR count). The molecule has 0 radical (unpaired) electrons. The van der Waals surface area contributed by atoms with Crippen LogP contribution in [0.3, 0.4) is 0 Å². The highest BCUT2D eigenvalue weighted by Gasteiger charge is 2.39. The van der Waals surface area contributed by atoms with Gasteiger partial charge in [-0.1, -0.05) is 45.4 Å². The van der Waals surface area contributed by atoms with Gasteiger partial charge in [-0.25, -0.2) is 0 Å². The molecule has 0 bridgehead atoms. The summed E-state index contributed by atoms with van der Waals surface area (Å²) in [7, 11) is 0. The van der Waals surface area contributed by atoms with Gasteiger partial charge < -0.3 is 5.11 Å². The van der Waals surface area contributed by atoms with Crippen LogP contribution in [0, 0.1) is 11.8 Å². The molecule has 1 fully saturated rings. The Balaban J connectivity index is 2.04. The second-order valence-corrected chi connectivity index (χ2v) is 7.22. The molecule has 0 amide bonds. The van der Waals surface area contributed by atoms with Crippen LogP contribution in [0.5, 0.6) is 0 Å². The highest BCUT2D eigenvalue weighted by Crippen LogP contribution is 2.44. The summed E-state index contributed by atoms with van der Waals surface area (Å²) in [6, 6.07) is 8.52. The van der Waals surface area contributed by atoms with Gasteiger partial charge in [-0.15, -0.1) is 0 Å². The molecule has 0 aliphatic heterocycles. The number of hydrogen-bond acceptors (Lipinski definition) is 2. The Kier molecular flexibility index (Phi) is 3.75. The van der Waals surface area contributed by atoms with E-state index in [1.807, 2.05) is 12.4 Å². The number of hydrogen-bond donors (Lipinski definition) is 1. The Morgan fingerprint density at radius 3 is 2.76 bits per heavy atom. The number of fused-ring (bicyclic) bond motifs is 1. The predicted octanol–water partition coefficient (Wildman–Crippen LogP) is 4.31. The summed E-state index contributed by atoms with van der Waals surface area (Å²) < 4.78 is 0. The maximum absolute atomic E-state index is 10.6. The first kappa shape index (κ1) is 14.5. The third-order valence-corrected chi connectivity index (χ3v) is 5.38. The molecule has 2 aromatic rings. The van der Waals surface area contributed by atoms with E-state index in [1.165, 1.54) is 22.8 Å². The minimum absolute atomic E-state index is 0.0396. The number of aliphatic hydroxyl groups is 1. The first-order valence-electron chi connectivity index (χ1n) is 8.01. The van der Waals surface area contributed by atoms with Crippen molar-refractivity contribution in [3.05, 3.63) is 42.2 Å². The average molecular weight is 283 g/mol. The Morgan fingerprint density at radius 1 is 1.19 bits per heavy atom. The van der Waals surface area contributed by atoms with Crippen LogP contribution in [-0.4, -0.2) is 16.2 Å². The molecule has 1 aromatic heterocycles. The second kappa shape index (κ2) is 5.42. The average Bonchev–Trinajstić information content (AvgIpc) is 2.46. The third kappa shape index (κ3) is 2.57. The largest absolute Gasteiger partial charge is 0.393 e. The van der Waals surface area contributed by atoms with Crippen LogP contribution < -0.4 is 0 Å². The van der Waals surface area contributed by atoms with Gasteiger partial charge in [0.15, 0.2) is 0 Å². The van der Waals surface area contributed by atoms with Crippen molar-refractivity contribution < 1.29 is 5.11 Å². The van der Waals surface area contributed by atoms with Gasteiger partial charge in [0.2, 0.25) is 0 Å². The van der Waals surface area contributed by atoms with Gasteiger partial charge in [0.25, 0.3) is 0 Å². The lowest BCUT2D eigenvalue weighted by Gasteiger charge is -2.42. The van der Waals surface area contributed by atoms with Gasteiger partial charge >= 0.3 is 0 Å². The molecule has 112 valence electrons. The maximum atomic E-state index is 10.6. The van der Waals surface area contributed by atoms with Crippen molar-refractivity contribution in [3.8, 4) is 0 Å². The number of aromatic nitrogens is 1. The fourth-order valence-corrected chi connectivity index (χ4v) is 4.07. The minimum Gasteiger partial charge on any atom is -0.393 e. The summed E-state index contributed by atoms with van der Waals surface area (Å²) in [6.45, 7) is 6.80. The summed E-state index contributed by atoms with van der Waals surface area (Å²) >= 11 is 0. The van der Waals surface area contributed by atoms with Crippen molar-refractivity contribution in [3.63, 3.8) is 0 Å².